The first kappa shape index (κ1) is 11.9. The van der Waals surface area contributed by atoms with Gasteiger partial charge in [0, 0.05) is 23.3 Å². The van der Waals surface area contributed by atoms with Crippen LogP contribution in [-0.4, -0.2) is 23.7 Å². The molecule has 1 saturated heterocycles. The maximum atomic E-state index is 5.52. The Balaban J connectivity index is 2.00. The van der Waals surface area contributed by atoms with Crippen molar-refractivity contribution in [1.82, 2.24) is 4.98 Å². The van der Waals surface area contributed by atoms with Gasteiger partial charge in [-0.1, -0.05) is 0 Å². The van der Waals surface area contributed by atoms with Crippen molar-refractivity contribution in [3.63, 3.8) is 0 Å². The lowest BCUT2D eigenvalue weighted by Crippen LogP contribution is -2.32. The molecule has 1 fully saturated rings. The van der Waals surface area contributed by atoms with Gasteiger partial charge < -0.3 is 10.1 Å². The topological polar surface area (TPSA) is 34.1 Å². The highest BCUT2D eigenvalue weighted by molar-refractivity contribution is 9.10. The number of anilines is 1. The number of nitrogens with one attached hydrogen (secondary N) is 1. The highest BCUT2D eigenvalue weighted by Gasteiger charge is 2.19. The molecule has 2 atom stereocenters. The van der Waals surface area contributed by atoms with Gasteiger partial charge in [-0.2, -0.15) is 0 Å². The van der Waals surface area contributed by atoms with Crippen molar-refractivity contribution in [2.45, 2.75) is 38.8 Å². The van der Waals surface area contributed by atoms with Crippen LogP contribution in [0.4, 0.5) is 5.82 Å². The van der Waals surface area contributed by atoms with Gasteiger partial charge in [-0.25, -0.2) is 4.98 Å². The Morgan fingerprint density at radius 2 is 2.38 bits per heavy atom. The van der Waals surface area contributed by atoms with E-state index < -0.39 is 0 Å². The maximum Gasteiger partial charge on any atom is 0.126 e. The molecule has 0 spiro atoms. The van der Waals surface area contributed by atoms with E-state index in [0.29, 0.717) is 12.1 Å². The van der Waals surface area contributed by atoms with Crippen molar-refractivity contribution in [1.29, 1.82) is 0 Å². The summed E-state index contributed by atoms with van der Waals surface area (Å²) in [6.07, 6.45) is 4.31. The lowest BCUT2D eigenvalue weighted by atomic mass is 10.0. The summed E-state index contributed by atoms with van der Waals surface area (Å²) in [6.45, 7) is 5.03. The third kappa shape index (κ3) is 2.95. The molecule has 88 valence electrons. The number of nitrogens with zero attached hydrogens (tertiary/aromatic N) is 1. The number of ether oxygens (including phenoxy) is 1. The van der Waals surface area contributed by atoms with E-state index in [1.54, 1.807) is 0 Å². The number of aryl methyl sites for hydroxylation is 1. The third-order valence-corrected chi connectivity index (χ3v) is 3.71. The number of rotatable bonds is 2. The fraction of sp³-hybridized carbons (Fsp3) is 0.583. The number of halogens is 1. The Labute approximate surface area is 105 Å². The molecular formula is C12H17BrN2O. The van der Waals surface area contributed by atoms with Crippen LogP contribution in [-0.2, 0) is 4.74 Å². The summed E-state index contributed by atoms with van der Waals surface area (Å²) in [4.78, 5) is 4.36. The molecule has 0 bridgehead atoms. The molecule has 0 radical (unpaired) electrons. The summed E-state index contributed by atoms with van der Waals surface area (Å²) in [6, 6.07) is 2.56. The first-order valence-electron chi connectivity index (χ1n) is 5.65. The van der Waals surface area contributed by atoms with E-state index in [9.17, 15) is 0 Å². The minimum atomic E-state index is 0.350. The van der Waals surface area contributed by atoms with Gasteiger partial charge >= 0.3 is 0 Å². The first-order chi connectivity index (χ1) is 7.65. The molecule has 2 rings (SSSR count). The number of hydrogen-bond acceptors (Lipinski definition) is 3. The molecule has 2 heterocycles. The van der Waals surface area contributed by atoms with Crippen LogP contribution >= 0.6 is 15.9 Å². The molecule has 0 saturated carbocycles. The summed E-state index contributed by atoms with van der Waals surface area (Å²) < 4.78 is 6.57. The fourth-order valence-corrected chi connectivity index (χ4v) is 2.17. The van der Waals surface area contributed by atoms with Crippen molar-refractivity contribution in [2.75, 3.05) is 11.9 Å². The van der Waals surface area contributed by atoms with Crippen LogP contribution in [0.5, 0.6) is 0 Å². The van der Waals surface area contributed by atoms with E-state index in [4.69, 9.17) is 4.74 Å². The van der Waals surface area contributed by atoms with Crippen molar-refractivity contribution in [2.24, 2.45) is 0 Å². The predicted molar refractivity (Wildman–Crippen MR) is 68.7 cm³/mol. The second kappa shape index (κ2) is 5.15. The average molecular weight is 285 g/mol. The molecule has 1 N–H and O–H groups in total. The smallest absolute Gasteiger partial charge is 0.126 e. The van der Waals surface area contributed by atoms with Crippen molar-refractivity contribution < 1.29 is 4.74 Å². The highest BCUT2D eigenvalue weighted by Crippen LogP contribution is 2.21. The minimum absolute atomic E-state index is 0.350. The third-order valence-electron chi connectivity index (χ3n) is 2.88. The molecule has 0 aromatic carbocycles. The van der Waals surface area contributed by atoms with E-state index in [0.717, 1.165) is 29.7 Å². The molecule has 2 unspecified atom stereocenters. The summed E-state index contributed by atoms with van der Waals surface area (Å²) in [7, 11) is 0. The number of pyridine rings is 1. The van der Waals surface area contributed by atoms with Gasteiger partial charge in [-0.15, -0.1) is 0 Å². The van der Waals surface area contributed by atoms with E-state index in [1.807, 2.05) is 6.20 Å². The Morgan fingerprint density at radius 3 is 3.06 bits per heavy atom. The summed E-state index contributed by atoms with van der Waals surface area (Å²) in [5.74, 6) is 0.958. The van der Waals surface area contributed by atoms with E-state index in [2.05, 4.69) is 46.1 Å². The van der Waals surface area contributed by atoms with Gasteiger partial charge in [0.05, 0.1) is 6.10 Å². The Bertz CT molecular complexity index is 370. The van der Waals surface area contributed by atoms with Gasteiger partial charge in [-0.05, 0) is 54.2 Å². The summed E-state index contributed by atoms with van der Waals surface area (Å²) in [5, 5.41) is 3.47. The first-order valence-corrected chi connectivity index (χ1v) is 6.44. The molecule has 1 aromatic rings. The van der Waals surface area contributed by atoms with Crippen molar-refractivity contribution in [3.8, 4) is 0 Å². The predicted octanol–water partition coefficient (Wildman–Crippen LogP) is 3.13. The van der Waals surface area contributed by atoms with Gasteiger partial charge in [0.15, 0.2) is 0 Å². The minimum Gasteiger partial charge on any atom is -0.378 e. The molecule has 1 aliphatic heterocycles. The highest BCUT2D eigenvalue weighted by atomic mass is 79.9. The molecule has 1 aliphatic rings. The van der Waals surface area contributed by atoms with Crippen LogP contribution in [0.25, 0.3) is 0 Å². The van der Waals surface area contributed by atoms with Crippen LogP contribution in [0.15, 0.2) is 16.7 Å². The van der Waals surface area contributed by atoms with E-state index in [-0.39, 0.29) is 0 Å². The summed E-state index contributed by atoms with van der Waals surface area (Å²) in [5.41, 5.74) is 1.21. The monoisotopic (exact) mass is 284 g/mol. The molecule has 0 amide bonds. The molecule has 0 aliphatic carbocycles. The second-order valence-electron chi connectivity index (χ2n) is 4.37. The molecule has 3 nitrogen and oxygen atoms in total. The van der Waals surface area contributed by atoms with Crippen molar-refractivity contribution in [3.05, 3.63) is 22.3 Å². The van der Waals surface area contributed by atoms with Crippen LogP contribution in [0, 0.1) is 6.92 Å². The van der Waals surface area contributed by atoms with Gasteiger partial charge in [-0.3, -0.25) is 0 Å². The average Bonchev–Trinajstić information content (AvgIpc) is 2.24. The quantitative estimate of drug-likeness (QED) is 0.906. The Morgan fingerprint density at radius 1 is 1.56 bits per heavy atom. The molecular weight excluding hydrogens is 268 g/mol. The molecule has 1 aromatic heterocycles. The lowest BCUT2D eigenvalue weighted by molar-refractivity contribution is 0.0232. The summed E-state index contributed by atoms with van der Waals surface area (Å²) >= 11 is 3.45. The number of aromatic nitrogens is 1. The van der Waals surface area contributed by atoms with Crippen molar-refractivity contribution >= 4 is 21.7 Å². The standard InChI is InChI=1S/C12H17BrN2O/c1-8-5-12(14-7-11(8)13)15-10-3-4-16-9(2)6-10/h5,7,9-10H,3-4,6H2,1-2H3,(H,14,15). The van der Waals surface area contributed by atoms with Gasteiger partial charge in [0.25, 0.3) is 0 Å². The van der Waals surface area contributed by atoms with Crippen LogP contribution < -0.4 is 5.32 Å². The van der Waals surface area contributed by atoms with Crippen LogP contribution in [0.3, 0.4) is 0 Å². The molecule has 16 heavy (non-hydrogen) atoms. The van der Waals surface area contributed by atoms with E-state index in [1.165, 1.54) is 5.56 Å². The Hall–Kier alpha value is -0.610. The maximum absolute atomic E-state index is 5.52. The fourth-order valence-electron chi connectivity index (χ4n) is 1.96. The second-order valence-corrected chi connectivity index (χ2v) is 5.22. The SMILES string of the molecule is Cc1cc(NC2CCOC(C)C2)ncc1Br. The lowest BCUT2D eigenvalue weighted by Gasteiger charge is -2.28. The van der Waals surface area contributed by atoms with Crippen LogP contribution in [0.2, 0.25) is 0 Å². The van der Waals surface area contributed by atoms with E-state index >= 15 is 0 Å². The Kier molecular flexibility index (Phi) is 3.82. The molecule has 4 heteroatoms. The normalized spacial score (nSPS) is 25.4. The number of hydrogen-bond donors (Lipinski definition) is 1. The zero-order valence-electron chi connectivity index (χ0n) is 9.66. The van der Waals surface area contributed by atoms with Crippen LogP contribution in [0.1, 0.15) is 25.3 Å². The van der Waals surface area contributed by atoms with Gasteiger partial charge in [0.2, 0.25) is 0 Å². The zero-order valence-corrected chi connectivity index (χ0v) is 11.3. The largest absolute Gasteiger partial charge is 0.378 e. The van der Waals surface area contributed by atoms with Gasteiger partial charge in [0.1, 0.15) is 5.82 Å². The zero-order chi connectivity index (χ0) is 11.5.